The Bertz CT molecular complexity index is 772. The van der Waals surface area contributed by atoms with E-state index in [4.69, 9.17) is 0 Å². The van der Waals surface area contributed by atoms with E-state index in [2.05, 4.69) is 15.6 Å². The van der Waals surface area contributed by atoms with Gasteiger partial charge in [-0.3, -0.25) is 4.79 Å². The molecule has 0 atom stereocenters. The fourth-order valence-corrected chi connectivity index (χ4v) is 2.54. The van der Waals surface area contributed by atoms with E-state index in [0.717, 1.165) is 12.1 Å². The minimum absolute atomic E-state index is 0.0202. The second-order valence-electron chi connectivity index (χ2n) is 6.36. The lowest BCUT2D eigenvalue weighted by molar-refractivity contribution is 0.0827. The van der Waals surface area contributed by atoms with Crippen LogP contribution in [0.2, 0.25) is 0 Å². The number of rotatable bonds is 7. The molecule has 1 amide bonds. The first kappa shape index (κ1) is 20.4. The van der Waals surface area contributed by atoms with Crippen LogP contribution in [0.4, 0.5) is 4.39 Å². The maximum absolute atomic E-state index is 13.7. The number of nitrogens with one attached hydrogen (secondary N) is 2. The van der Waals surface area contributed by atoms with Crippen molar-refractivity contribution in [3.63, 3.8) is 0 Å². The number of hydrogen-bond donors (Lipinski definition) is 2. The molecular formula is C21H27FN4O. The van der Waals surface area contributed by atoms with Crippen molar-refractivity contribution in [3.8, 4) is 0 Å². The summed E-state index contributed by atoms with van der Waals surface area (Å²) >= 11 is 0. The van der Waals surface area contributed by atoms with E-state index >= 15 is 0 Å². The predicted octanol–water partition coefficient (Wildman–Crippen LogP) is 2.83. The van der Waals surface area contributed by atoms with Crippen LogP contribution in [-0.2, 0) is 13.0 Å². The van der Waals surface area contributed by atoms with Crippen molar-refractivity contribution in [3.05, 3.63) is 71.0 Å². The Morgan fingerprint density at radius 2 is 1.78 bits per heavy atom. The van der Waals surface area contributed by atoms with Gasteiger partial charge in [-0.05, 0) is 42.7 Å². The summed E-state index contributed by atoms with van der Waals surface area (Å²) in [4.78, 5) is 18.0. The Kier molecular flexibility index (Phi) is 7.79. The van der Waals surface area contributed by atoms with Gasteiger partial charge in [0.2, 0.25) is 0 Å². The number of carbonyl (C=O) groups is 1. The van der Waals surface area contributed by atoms with Crippen LogP contribution in [0.3, 0.4) is 0 Å². The highest BCUT2D eigenvalue weighted by atomic mass is 19.1. The smallest absolute Gasteiger partial charge is 0.253 e. The van der Waals surface area contributed by atoms with Crippen LogP contribution in [-0.4, -0.2) is 44.0 Å². The molecule has 0 heterocycles. The third kappa shape index (κ3) is 6.40. The summed E-state index contributed by atoms with van der Waals surface area (Å²) in [5, 5.41) is 6.41. The molecule has 6 heteroatoms. The summed E-state index contributed by atoms with van der Waals surface area (Å²) < 4.78 is 13.7. The maximum atomic E-state index is 13.7. The summed E-state index contributed by atoms with van der Waals surface area (Å²) in [6.07, 6.45) is 0.582. The van der Waals surface area contributed by atoms with E-state index in [1.807, 2.05) is 37.3 Å². The molecule has 0 unspecified atom stereocenters. The van der Waals surface area contributed by atoms with Crippen molar-refractivity contribution >= 4 is 11.9 Å². The quantitative estimate of drug-likeness (QED) is 0.582. The van der Waals surface area contributed by atoms with Crippen molar-refractivity contribution in [2.24, 2.45) is 4.99 Å². The van der Waals surface area contributed by atoms with Gasteiger partial charge < -0.3 is 15.5 Å². The molecule has 0 spiro atoms. The van der Waals surface area contributed by atoms with Crippen LogP contribution in [0.1, 0.15) is 28.4 Å². The van der Waals surface area contributed by atoms with Gasteiger partial charge >= 0.3 is 0 Å². The largest absolute Gasteiger partial charge is 0.357 e. The van der Waals surface area contributed by atoms with Gasteiger partial charge in [0.25, 0.3) is 5.91 Å². The zero-order valence-electron chi connectivity index (χ0n) is 16.1. The number of hydrogen-bond acceptors (Lipinski definition) is 2. The molecule has 0 aromatic heterocycles. The Hall–Kier alpha value is -2.89. The molecule has 0 bridgehead atoms. The molecule has 2 aromatic rings. The zero-order valence-corrected chi connectivity index (χ0v) is 16.1. The van der Waals surface area contributed by atoms with E-state index in [0.29, 0.717) is 36.6 Å². The van der Waals surface area contributed by atoms with Crippen LogP contribution in [0.25, 0.3) is 0 Å². The zero-order chi connectivity index (χ0) is 19.6. The molecule has 0 saturated carbocycles. The summed E-state index contributed by atoms with van der Waals surface area (Å²) in [5.74, 6) is 0.476. The first-order valence-corrected chi connectivity index (χ1v) is 9.07. The average Bonchev–Trinajstić information content (AvgIpc) is 2.67. The molecule has 2 aromatic carbocycles. The van der Waals surface area contributed by atoms with Crippen LogP contribution in [0.15, 0.2) is 53.5 Å². The van der Waals surface area contributed by atoms with E-state index in [1.165, 1.54) is 6.07 Å². The van der Waals surface area contributed by atoms with Crippen molar-refractivity contribution in [1.29, 1.82) is 0 Å². The highest BCUT2D eigenvalue weighted by Gasteiger charge is 2.07. The van der Waals surface area contributed by atoms with Gasteiger partial charge in [-0.2, -0.15) is 0 Å². The van der Waals surface area contributed by atoms with Gasteiger partial charge in [0.05, 0.1) is 6.54 Å². The molecule has 0 aliphatic carbocycles. The number of nitrogens with zero attached hydrogens (tertiary/aromatic N) is 2. The monoisotopic (exact) mass is 370 g/mol. The number of benzene rings is 2. The number of amides is 1. The van der Waals surface area contributed by atoms with Crippen LogP contribution < -0.4 is 10.6 Å². The van der Waals surface area contributed by atoms with Gasteiger partial charge in [-0.1, -0.05) is 30.3 Å². The minimum atomic E-state index is -0.186. The van der Waals surface area contributed by atoms with Crippen LogP contribution in [0.5, 0.6) is 0 Å². The Morgan fingerprint density at radius 3 is 2.41 bits per heavy atom. The average molecular weight is 370 g/mol. The van der Waals surface area contributed by atoms with Gasteiger partial charge in [-0.25, -0.2) is 9.38 Å². The van der Waals surface area contributed by atoms with Crippen molar-refractivity contribution < 1.29 is 9.18 Å². The maximum Gasteiger partial charge on any atom is 0.253 e. The van der Waals surface area contributed by atoms with E-state index < -0.39 is 0 Å². The highest BCUT2D eigenvalue weighted by Crippen LogP contribution is 2.08. The lowest BCUT2D eigenvalue weighted by Crippen LogP contribution is -2.38. The highest BCUT2D eigenvalue weighted by molar-refractivity contribution is 5.93. The standard InChI is InChI=1S/C21H27FN4O/c1-4-23-21(24-14-13-17-7-5-6-8-19(17)22)25-15-16-9-11-18(12-10-16)20(27)26(2)3/h5-12H,4,13-15H2,1-3H3,(H2,23,24,25). The fourth-order valence-electron chi connectivity index (χ4n) is 2.54. The first-order valence-electron chi connectivity index (χ1n) is 9.07. The second kappa shape index (κ2) is 10.3. The molecular weight excluding hydrogens is 343 g/mol. The van der Waals surface area contributed by atoms with Gasteiger partial charge in [0, 0.05) is 32.7 Å². The van der Waals surface area contributed by atoms with Crippen molar-refractivity contribution in [2.75, 3.05) is 27.2 Å². The van der Waals surface area contributed by atoms with E-state index in [9.17, 15) is 9.18 Å². The molecule has 144 valence electrons. The normalized spacial score (nSPS) is 11.2. The lowest BCUT2D eigenvalue weighted by atomic mass is 10.1. The topological polar surface area (TPSA) is 56.7 Å². The molecule has 2 rings (SSSR count). The van der Waals surface area contributed by atoms with Gasteiger partial charge in [-0.15, -0.1) is 0 Å². The second-order valence-corrected chi connectivity index (χ2v) is 6.36. The van der Waals surface area contributed by atoms with Gasteiger partial charge in [0.15, 0.2) is 5.96 Å². The van der Waals surface area contributed by atoms with Crippen molar-refractivity contribution in [2.45, 2.75) is 19.9 Å². The summed E-state index contributed by atoms with van der Waals surface area (Å²) in [6, 6.07) is 14.2. The van der Waals surface area contributed by atoms with E-state index in [-0.39, 0.29) is 11.7 Å². The lowest BCUT2D eigenvalue weighted by Gasteiger charge is -2.12. The van der Waals surface area contributed by atoms with Crippen molar-refractivity contribution in [1.82, 2.24) is 15.5 Å². The summed E-state index contributed by atoms with van der Waals surface area (Å²) in [7, 11) is 3.46. The van der Waals surface area contributed by atoms with Gasteiger partial charge in [0.1, 0.15) is 5.82 Å². The molecule has 5 nitrogen and oxygen atoms in total. The van der Waals surface area contributed by atoms with Crippen LogP contribution >= 0.6 is 0 Å². The number of guanidine groups is 1. The molecule has 27 heavy (non-hydrogen) atoms. The third-order valence-corrected chi connectivity index (χ3v) is 4.02. The molecule has 0 aliphatic rings. The SMILES string of the molecule is CCNC(=NCc1ccc(C(=O)N(C)C)cc1)NCCc1ccccc1F. The summed E-state index contributed by atoms with van der Waals surface area (Å²) in [6.45, 7) is 3.81. The molecule has 0 fully saturated rings. The fraction of sp³-hybridized carbons (Fsp3) is 0.333. The predicted molar refractivity (Wildman–Crippen MR) is 107 cm³/mol. The minimum Gasteiger partial charge on any atom is -0.357 e. The molecule has 0 saturated heterocycles. The first-order chi connectivity index (χ1) is 13.0. The van der Waals surface area contributed by atoms with Crippen LogP contribution in [0, 0.1) is 5.82 Å². The molecule has 0 aliphatic heterocycles. The Balaban J connectivity index is 1.92. The third-order valence-electron chi connectivity index (χ3n) is 4.02. The summed E-state index contributed by atoms with van der Waals surface area (Å²) in [5.41, 5.74) is 2.35. The number of aliphatic imine (C=N–C) groups is 1. The Morgan fingerprint density at radius 1 is 1.07 bits per heavy atom. The Labute approximate surface area is 160 Å². The number of halogens is 1. The number of carbonyl (C=O) groups excluding carboxylic acids is 1. The molecule has 2 N–H and O–H groups in total. The van der Waals surface area contributed by atoms with E-state index in [1.54, 1.807) is 31.1 Å². The molecule has 0 radical (unpaired) electrons.